The third kappa shape index (κ3) is 2.77. The average molecular weight is 210 g/mol. The summed E-state index contributed by atoms with van der Waals surface area (Å²) in [4.78, 5) is 0. The summed E-state index contributed by atoms with van der Waals surface area (Å²) in [5, 5.41) is 0. The van der Waals surface area contributed by atoms with Crippen LogP contribution in [0.1, 0.15) is 67.2 Å². The van der Waals surface area contributed by atoms with Crippen molar-refractivity contribution in [3.63, 3.8) is 0 Å². The van der Waals surface area contributed by atoms with Crippen molar-refractivity contribution in [2.24, 2.45) is 29.1 Å². The predicted octanol–water partition coefficient (Wildman–Crippen LogP) is 5.13. The molecule has 0 aromatic rings. The molecule has 0 heteroatoms. The predicted molar refractivity (Wildman–Crippen MR) is 68.9 cm³/mol. The standard InChI is InChI=1S/C15H30/c1-7-15(6)9-8-13(11(2)3)10-14(15)12(4)5/h11-14H,7-10H2,1-6H3/t13-,14+,15-/m1/s1. The number of rotatable bonds is 3. The second kappa shape index (κ2) is 4.89. The smallest absolute Gasteiger partial charge is 0.0298 e. The number of hydrogen-bond donors (Lipinski definition) is 0. The van der Waals surface area contributed by atoms with Crippen LogP contribution in [0.25, 0.3) is 0 Å². The fourth-order valence-electron chi connectivity index (χ4n) is 3.55. The van der Waals surface area contributed by atoms with E-state index in [1.165, 1.54) is 25.7 Å². The Hall–Kier alpha value is 0. The third-order valence-electron chi connectivity index (χ3n) is 5.09. The molecule has 1 fully saturated rings. The van der Waals surface area contributed by atoms with E-state index in [2.05, 4.69) is 41.5 Å². The molecule has 0 heterocycles. The lowest BCUT2D eigenvalue weighted by Crippen LogP contribution is -2.38. The third-order valence-corrected chi connectivity index (χ3v) is 5.09. The first-order valence-electron chi connectivity index (χ1n) is 6.90. The molecule has 1 aliphatic rings. The van der Waals surface area contributed by atoms with Gasteiger partial charge in [0.25, 0.3) is 0 Å². The van der Waals surface area contributed by atoms with E-state index in [4.69, 9.17) is 0 Å². The van der Waals surface area contributed by atoms with Crippen molar-refractivity contribution in [3.8, 4) is 0 Å². The summed E-state index contributed by atoms with van der Waals surface area (Å²) in [5.74, 6) is 3.67. The van der Waals surface area contributed by atoms with Crippen LogP contribution < -0.4 is 0 Å². The molecule has 0 N–H and O–H groups in total. The molecule has 0 amide bonds. The molecule has 1 rings (SSSR count). The van der Waals surface area contributed by atoms with Gasteiger partial charge >= 0.3 is 0 Å². The molecular weight excluding hydrogens is 180 g/mol. The Morgan fingerprint density at radius 1 is 1.13 bits per heavy atom. The fourth-order valence-corrected chi connectivity index (χ4v) is 3.55. The van der Waals surface area contributed by atoms with E-state index in [0.29, 0.717) is 5.41 Å². The van der Waals surface area contributed by atoms with E-state index in [-0.39, 0.29) is 0 Å². The van der Waals surface area contributed by atoms with Crippen molar-refractivity contribution in [2.45, 2.75) is 67.2 Å². The minimum Gasteiger partial charge on any atom is -0.0649 e. The van der Waals surface area contributed by atoms with E-state index in [1.54, 1.807) is 0 Å². The maximum atomic E-state index is 2.52. The van der Waals surface area contributed by atoms with Gasteiger partial charge in [-0.05, 0) is 48.3 Å². The summed E-state index contributed by atoms with van der Waals surface area (Å²) in [5.41, 5.74) is 0.625. The highest BCUT2D eigenvalue weighted by atomic mass is 14.5. The van der Waals surface area contributed by atoms with Crippen LogP contribution in [0.15, 0.2) is 0 Å². The van der Waals surface area contributed by atoms with Crippen LogP contribution in [0.4, 0.5) is 0 Å². The summed E-state index contributed by atoms with van der Waals surface area (Å²) in [7, 11) is 0. The van der Waals surface area contributed by atoms with E-state index in [1.807, 2.05) is 0 Å². The minimum absolute atomic E-state index is 0.625. The normalized spacial score (nSPS) is 37.6. The lowest BCUT2D eigenvalue weighted by Gasteiger charge is -2.47. The lowest BCUT2D eigenvalue weighted by molar-refractivity contribution is 0.0292. The van der Waals surface area contributed by atoms with Gasteiger partial charge in [-0.1, -0.05) is 48.0 Å². The second-order valence-corrected chi connectivity index (χ2v) is 6.64. The van der Waals surface area contributed by atoms with Crippen LogP contribution in [0, 0.1) is 29.1 Å². The maximum absolute atomic E-state index is 2.52. The van der Waals surface area contributed by atoms with Gasteiger partial charge in [-0.3, -0.25) is 0 Å². The molecular formula is C15H30. The largest absolute Gasteiger partial charge is 0.0649 e. The molecule has 0 aromatic carbocycles. The molecule has 0 aliphatic heterocycles. The molecule has 15 heavy (non-hydrogen) atoms. The molecule has 0 nitrogen and oxygen atoms in total. The van der Waals surface area contributed by atoms with Crippen LogP contribution in [-0.2, 0) is 0 Å². The molecule has 0 radical (unpaired) electrons. The summed E-state index contributed by atoms with van der Waals surface area (Å²) in [6.07, 6.45) is 5.75. The Morgan fingerprint density at radius 2 is 1.73 bits per heavy atom. The Balaban J connectivity index is 2.74. The van der Waals surface area contributed by atoms with Gasteiger partial charge in [-0.25, -0.2) is 0 Å². The van der Waals surface area contributed by atoms with Gasteiger partial charge in [0.1, 0.15) is 0 Å². The summed E-state index contributed by atoms with van der Waals surface area (Å²) in [6, 6.07) is 0. The van der Waals surface area contributed by atoms with Crippen molar-refractivity contribution in [1.82, 2.24) is 0 Å². The van der Waals surface area contributed by atoms with Gasteiger partial charge in [0.2, 0.25) is 0 Å². The van der Waals surface area contributed by atoms with Gasteiger partial charge in [-0.2, -0.15) is 0 Å². The van der Waals surface area contributed by atoms with Crippen molar-refractivity contribution in [3.05, 3.63) is 0 Å². The van der Waals surface area contributed by atoms with E-state index < -0.39 is 0 Å². The van der Waals surface area contributed by atoms with Crippen LogP contribution in [-0.4, -0.2) is 0 Å². The molecule has 90 valence electrons. The first kappa shape index (κ1) is 13.1. The zero-order valence-corrected chi connectivity index (χ0v) is 11.6. The summed E-state index contributed by atoms with van der Waals surface area (Å²) < 4.78 is 0. The van der Waals surface area contributed by atoms with Crippen LogP contribution >= 0.6 is 0 Å². The molecule has 0 aromatic heterocycles. The highest BCUT2D eigenvalue weighted by Crippen LogP contribution is 2.50. The molecule has 0 spiro atoms. The Morgan fingerprint density at radius 3 is 2.13 bits per heavy atom. The lowest BCUT2D eigenvalue weighted by atomic mass is 9.58. The summed E-state index contributed by atoms with van der Waals surface area (Å²) in [6.45, 7) is 14.5. The van der Waals surface area contributed by atoms with Gasteiger partial charge in [0, 0.05) is 0 Å². The molecule has 0 bridgehead atoms. The van der Waals surface area contributed by atoms with Crippen molar-refractivity contribution in [2.75, 3.05) is 0 Å². The average Bonchev–Trinajstić information content (AvgIpc) is 2.17. The topological polar surface area (TPSA) is 0 Å². The monoisotopic (exact) mass is 210 g/mol. The van der Waals surface area contributed by atoms with E-state index in [9.17, 15) is 0 Å². The Bertz CT molecular complexity index is 192. The molecule has 0 saturated heterocycles. The minimum atomic E-state index is 0.625. The van der Waals surface area contributed by atoms with E-state index in [0.717, 1.165) is 23.7 Å². The van der Waals surface area contributed by atoms with Crippen LogP contribution in [0.2, 0.25) is 0 Å². The maximum Gasteiger partial charge on any atom is -0.0298 e. The van der Waals surface area contributed by atoms with Crippen LogP contribution in [0.3, 0.4) is 0 Å². The zero-order valence-electron chi connectivity index (χ0n) is 11.6. The second-order valence-electron chi connectivity index (χ2n) is 6.64. The highest BCUT2D eigenvalue weighted by molar-refractivity contribution is 4.90. The highest BCUT2D eigenvalue weighted by Gasteiger charge is 2.40. The van der Waals surface area contributed by atoms with Gasteiger partial charge in [-0.15, -0.1) is 0 Å². The zero-order chi connectivity index (χ0) is 11.6. The van der Waals surface area contributed by atoms with Gasteiger partial charge in [0.05, 0.1) is 0 Å². The number of hydrogen-bond acceptors (Lipinski definition) is 0. The van der Waals surface area contributed by atoms with Gasteiger partial charge in [0.15, 0.2) is 0 Å². The molecule has 3 atom stereocenters. The quantitative estimate of drug-likeness (QED) is 0.605. The molecule has 0 unspecified atom stereocenters. The van der Waals surface area contributed by atoms with Crippen molar-refractivity contribution >= 4 is 0 Å². The summed E-state index contributed by atoms with van der Waals surface area (Å²) >= 11 is 0. The van der Waals surface area contributed by atoms with E-state index >= 15 is 0 Å². The molecule has 1 saturated carbocycles. The van der Waals surface area contributed by atoms with Crippen molar-refractivity contribution in [1.29, 1.82) is 0 Å². The van der Waals surface area contributed by atoms with Gasteiger partial charge < -0.3 is 0 Å². The SMILES string of the molecule is CC[C@]1(C)CC[C@@H](C(C)C)C[C@H]1C(C)C. The van der Waals surface area contributed by atoms with Crippen LogP contribution in [0.5, 0.6) is 0 Å². The van der Waals surface area contributed by atoms with Crippen molar-refractivity contribution < 1.29 is 0 Å². The fraction of sp³-hybridized carbons (Fsp3) is 1.00. The first-order valence-corrected chi connectivity index (χ1v) is 6.90. The Kier molecular flexibility index (Phi) is 4.26. The first-order chi connectivity index (χ1) is 6.90. The molecule has 1 aliphatic carbocycles. The Labute approximate surface area is 96.8 Å².